The van der Waals surface area contributed by atoms with Gasteiger partial charge in [0.1, 0.15) is 0 Å². The van der Waals surface area contributed by atoms with Crippen molar-refractivity contribution in [1.29, 1.82) is 0 Å². The molecule has 7 heteroatoms. The zero-order chi connectivity index (χ0) is 14.6. The standard InChI is InChI=1S/C14H23N3OS2.HI/c1-15-14(16-8-10-19-2)17-9-11-20(18)12-13-6-4-3-5-7-13;/h3-7H,8-12H2,1-2H3,(H2,15,16,17);1H. The van der Waals surface area contributed by atoms with Gasteiger partial charge in [-0.05, 0) is 11.8 Å². The van der Waals surface area contributed by atoms with Crippen LogP contribution in [0.1, 0.15) is 5.56 Å². The molecule has 120 valence electrons. The second-order valence-electron chi connectivity index (χ2n) is 4.19. The largest absolute Gasteiger partial charge is 0.356 e. The van der Waals surface area contributed by atoms with Crippen LogP contribution in [0.15, 0.2) is 35.3 Å². The number of rotatable bonds is 8. The highest BCUT2D eigenvalue weighted by Gasteiger charge is 2.02. The first kappa shape index (κ1) is 20.7. The van der Waals surface area contributed by atoms with Crippen LogP contribution >= 0.6 is 35.7 Å². The molecule has 0 amide bonds. The Bertz CT molecular complexity index is 429. The van der Waals surface area contributed by atoms with Crippen LogP contribution in [0.4, 0.5) is 0 Å². The van der Waals surface area contributed by atoms with Crippen molar-refractivity contribution < 1.29 is 4.21 Å². The van der Waals surface area contributed by atoms with Gasteiger partial charge in [0.25, 0.3) is 0 Å². The lowest BCUT2D eigenvalue weighted by atomic mass is 10.2. The Balaban J connectivity index is 0.00000400. The van der Waals surface area contributed by atoms with Crippen LogP contribution in [-0.4, -0.2) is 48.1 Å². The summed E-state index contributed by atoms with van der Waals surface area (Å²) in [7, 11) is 0.899. The third-order valence-electron chi connectivity index (χ3n) is 2.61. The van der Waals surface area contributed by atoms with E-state index in [9.17, 15) is 4.21 Å². The molecule has 0 aliphatic rings. The second kappa shape index (κ2) is 13.4. The summed E-state index contributed by atoms with van der Waals surface area (Å²) in [6, 6.07) is 9.94. The van der Waals surface area contributed by atoms with E-state index in [1.807, 2.05) is 30.3 Å². The Labute approximate surface area is 151 Å². The van der Waals surface area contributed by atoms with Crippen LogP contribution in [0.2, 0.25) is 0 Å². The highest BCUT2D eigenvalue weighted by molar-refractivity contribution is 14.0. The van der Waals surface area contributed by atoms with Gasteiger partial charge in [0.15, 0.2) is 5.96 Å². The molecule has 0 bridgehead atoms. The fraction of sp³-hybridized carbons (Fsp3) is 0.500. The van der Waals surface area contributed by atoms with Gasteiger partial charge in [-0.2, -0.15) is 11.8 Å². The maximum Gasteiger partial charge on any atom is 0.191 e. The fourth-order valence-electron chi connectivity index (χ4n) is 1.61. The predicted octanol–water partition coefficient (Wildman–Crippen LogP) is 2.08. The van der Waals surface area contributed by atoms with Gasteiger partial charge in [0, 0.05) is 48.2 Å². The first-order valence-corrected chi connectivity index (χ1v) is 9.46. The molecular weight excluding hydrogens is 417 g/mol. The molecule has 21 heavy (non-hydrogen) atoms. The lowest BCUT2D eigenvalue weighted by Gasteiger charge is -2.11. The summed E-state index contributed by atoms with van der Waals surface area (Å²) >= 11 is 1.79. The molecule has 0 radical (unpaired) electrons. The maximum atomic E-state index is 12.0. The van der Waals surface area contributed by atoms with E-state index >= 15 is 0 Å². The van der Waals surface area contributed by atoms with Gasteiger partial charge in [-0.3, -0.25) is 9.20 Å². The first-order chi connectivity index (χ1) is 9.76. The number of aliphatic imine (C=N–C) groups is 1. The van der Waals surface area contributed by atoms with E-state index < -0.39 is 10.8 Å². The number of hydrogen-bond acceptors (Lipinski definition) is 3. The summed E-state index contributed by atoms with van der Waals surface area (Å²) in [6.07, 6.45) is 2.07. The molecular formula is C14H24IN3OS2. The van der Waals surface area contributed by atoms with Crippen LogP contribution in [0, 0.1) is 0 Å². The number of nitrogens with one attached hydrogen (secondary N) is 2. The summed E-state index contributed by atoms with van der Waals surface area (Å²) in [5.74, 6) is 3.05. The van der Waals surface area contributed by atoms with Gasteiger partial charge in [-0.15, -0.1) is 24.0 Å². The van der Waals surface area contributed by atoms with Gasteiger partial charge in [-0.25, -0.2) is 0 Å². The van der Waals surface area contributed by atoms with Crippen molar-refractivity contribution >= 4 is 52.5 Å². The normalized spacial score (nSPS) is 12.4. The smallest absolute Gasteiger partial charge is 0.191 e. The monoisotopic (exact) mass is 441 g/mol. The van der Waals surface area contributed by atoms with Crippen molar-refractivity contribution in [1.82, 2.24) is 10.6 Å². The topological polar surface area (TPSA) is 53.5 Å². The maximum absolute atomic E-state index is 12.0. The van der Waals surface area contributed by atoms with Gasteiger partial charge in [0.05, 0.1) is 0 Å². The SMILES string of the molecule is CN=C(NCCSC)NCCS(=O)Cc1ccccc1.I. The van der Waals surface area contributed by atoms with Crippen molar-refractivity contribution in [3.8, 4) is 0 Å². The molecule has 0 saturated heterocycles. The van der Waals surface area contributed by atoms with E-state index in [0.717, 1.165) is 23.8 Å². The van der Waals surface area contributed by atoms with Crippen molar-refractivity contribution in [2.45, 2.75) is 5.75 Å². The Kier molecular flexibility index (Phi) is 13.2. The Morgan fingerprint density at radius 2 is 1.90 bits per heavy atom. The van der Waals surface area contributed by atoms with E-state index in [4.69, 9.17) is 0 Å². The summed E-state index contributed by atoms with van der Waals surface area (Å²) in [5.41, 5.74) is 1.12. The van der Waals surface area contributed by atoms with E-state index in [0.29, 0.717) is 18.1 Å². The molecule has 1 aromatic carbocycles. The number of thioether (sulfide) groups is 1. The minimum absolute atomic E-state index is 0. The molecule has 0 aliphatic carbocycles. The van der Waals surface area contributed by atoms with Crippen LogP contribution in [0.25, 0.3) is 0 Å². The second-order valence-corrected chi connectivity index (χ2v) is 6.75. The van der Waals surface area contributed by atoms with Crippen molar-refractivity contribution in [2.24, 2.45) is 4.99 Å². The van der Waals surface area contributed by atoms with Crippen LogP contribution < -0.4 is 10.6 Å². The molecule has 0 aliphatic heterocycles. The van der Waals surface area contributed by atoms with Crippen molar-refractivity contribution in [3.63, 3.8) is 0 Å². The molecule has 1 unspecified atom stereocenters. The lowest BCUT2D eigenvalue weighted by molar-refractivity contribution is 0.681. The van der Waals surface area contributed by atoms with Crippen LogP contribution in [0.3, 0.4) is 0 Å². The van der Waals surface area contributed by atoms with Crippen LogP contribution in [0.5, 0.6) is 0 Å². The zero-order valence-corrected chi connectivity index (χ0v) is 16.5. The van der Waals surface area contributed by atoms with Crippen LogP contribution in [-0.2, 0) is 16.6 Å². The Morgan fingerprint density at radius 3 is 2.52 bits per heavy atom. The molecule has 0 fully saturated rings. The third kappa shape index (κ3) is 10.1. The molecule has 2 N–H and O–H groups in total. The van der Waals surface area contributed by atoms with Gasteiger partial charge < -0.3 is 10.6 Å². The highest BCUT2D eigenvalue weighted by Crippen LogP contribution is 2.02. The van der Waals surface area contributed by atoms with Gasteiger partial charge in [-0.1, -0.05) is 30.3 Å². The number of guanidine groups is 1. The van der Waals surface area contributed by atoms with E-state index in [1.165, 1.54) is 0 Å². The Morgan fingerprint density at radius 1 is 1.24 bits per heavy atom. The minimum atomic E-state index is -0.846. The van der Waals surface area contributed by atoms with E-state index in [1.54, 1.807) is 18.8 Å². The summed E-state index contributed by atoms with van der Waals surface area (Å²) in [4.78, 5) is 4.13. The summed E-state index contributed by atoms with van der Waals surface area (Å²) in [5, 5.41) is 6.39. The number of nitrogens with zero attached hydrogens (tertiary/aromatic N) is 1. The molecule has 1 rings (SSSR count). The molecule has 1 atom stereocenters. The molecule has 1 aromatic rings. The summed E-state index contributed by atoms with van der Waals surface area (Å²) in [6.45, 7) is 1.55. The van der Waals surface area contributed by atoms with Gasteiger partial charge >= 0.3 is 0 Å². The lowest BCUT2D eigenvalue weighted by Crippen LogP contribution is -2.40. The molecule has 0 spiro atoms. The number of hydrogen-bond donors (Lipinski definition) is 2. The molecule has 0 saturated carbocycles. The van der Waals surface area contributed by atoms with Crippen molar-refractivity contribution in [3.05, 3.63) is 35.9 Å². The van der Waals surface area contributed by atoms with Crippen molar-refractivity contribution in [2.75, 3.05) is 37.9 Å². The quantitative estimate of drug-likeness (QED) is 0.281. The highest BCUT2D eigenvalue weighted by atomic mass is 127. The zero-order valence-electron chi connectivity index (χ0n) is 12.5. The predicted molar refractivity (Wildman–Crippen MR) is 106 cm³/mol. The van der Waals surface area contributed by atoms with E-state index in [2.05, 4.69) is 21.9 Å². The Hall–Kier alpha value is -0.280. The third-order valence-corrected chi connectivity index (χ3v) is 4.54. The average molecular weight is 441 g/mol. The number of halogens is 1. The number of benzene rings is 1. The molecule has 0 aromatic heterocycles. The van der Waals surface area contributed by atoms with Gasteiger partial charge in [0.2, 0.25) is 0 Å². The van der Waals surface area contributed by atoms with E-state index in [-0.39, 0.29) is 24.0 Å². The molecule has 0 heterocycles. The minimum Gasteiger partial charge on any atom is -0.356 e. The first-order valence-electron chi connectivity index (χ1n) is 6.58. The average Bonchev–Trinajstić information content (AvgIpc) is 2.47. The fourth-order valence-corrected chi connectivity index (χ4v) is 2.95. The molecule has 4 nitrogen and oxygen atoms in total. The summed E-state index contributed by atoms with van der Waals surface area (Å²) < 4.78 is 12.0.